The Morgan fingerprint density at radius 1 is 1.17 bits per heavy atom. The summed E-state index contributed by atoms with van der Waals surface area (Å²) in [4.78, 5) is 23.6. The molecule has 7 nitrogen and oxygen atoms in total. The van der Waals surface area contributed by atoms with Gasteiger partial charge >= 0.3 is 0 Å². The van der Waals surface area contributed by atoms with Gasteiger partial charge in [-0.25, -0.2) is 0 Å². The van der Waals surface area contributed by atoms with Crippen LogP contribution < -0.4 is 11.1 Å². The molecule has 0 radical (unpaired) electrons. The van der Waals surface area contributed by atoms with E-state index in [1.54, 1.807) is 31.5 Å². The lowest BCUT2D eigenvalue weighted by atomic mass is 10.0. The van der Waals surface area contributed by atoms with Gasteiger partial charge < -0.3 is 11.1 Å². The summed E-state index contributed by atoms with van der Waals surface area (Å²) in [6, 6.07) is 13.2. The van der Waals surface area contributed by atoms with E-state index in [0.29, 0.717) is 27.9 Å². The molecule has 3 rings (SSSR count). The first-order valence-corrected chi connectivity index (χ1v) is 10.2. The lowest BCUT2D eigenvalue weighted by Crippen LogP contribution is -2.16. The van der Waals surface area contributed by atoms with Gasteiger partial charge in [0.1, 0.15) is 6.33 Å². The van der Waals surface area contributed by atoms with Crippen molar-refractivity contribution in [3.8, 4) is 5.69 Å². The predicted molar refractivity (Wildman–Crippen MR) is 114 cm³/mol. The molecule has 29 heavy (non-hydrogen) atoms. The van der Waals surface area contributed by atoms with Gasteiger partial charge in [0.2, 0.25) is 11.8 Å². The Hall–Kier alpha value is -3.13. The summed E-state index contributed by atoms with van der Waals surface area (Å²) >= 11 is 1.30. The number of carbonyl (C=O) groups is 2. The van der Waals surface area contributed by atoms with Crippen LogP contribution in [0.1, 0.15) is 41.3 Å². The number of aryl methyl sites for hydroxylation is 1. The van der Waals surface area contributed by atoms with E-state index in [2.05, 4.69) is 41.5 Å². The average Bonchev–Trinajstić information content (AvgIpc) is 3.15. The van der Waals surface area contributed by atoms with E-state index < -0.39 is 5.91 Å². The maximum atomic E-state index is 12.3. The minimum Gasteiger partial charge on any atom is -0.366 e. The highest BCUT2D eigenvalue weighted by Gasteiger charge is 2.12. The van der Waals surface area contributed by atoms with Crippen LogP contribution >= 0.6 is 11.8 Å². The summed E-state index contributed by atoms with van der Waals surface area (Å²) in [7, 11) is 0. The standard InChI is InChI=1S/C21H23N5O2S/c1-13(2)15-4-7-17(8-5-15)26-12-23-25-21(26)29-11-19(27)24-16-6-9-18(20(22)28)14(3)10-16/h4-10,12-13H,11H2,1-3H3,(H2,22,28)(H,24,27). The molecule has 0 fully saturated rings. The number of rotatable bonds is 7. The van der Waals surface area contributed by atoms with Crippen LogP contribution in [0.3, 0.4) is 0 Å². The number of anilines is 1. The van der Waals surface area contributed by atoms with Gasteiger partial charge in [-0.3, -0.25) is 14.2 Å². The van der Waals surface area contributed by atoms with E-state index in [4.69, 9.17) is 5.73 Å². The second kappa shape index (κ2) is 8.91. The van der Waals surface area contributed by atoms with Gasteiger partial charge in [-0.05, 0) is 54.3 Å². The zero-order valence-electron chi connectivity index (χ0n) is 16.5. The van der Waals surface area contributed by atoms with E-state index in [1.165, 1.54) is 17.3 Å². The lowest BCUT2D eigenvalue weighted by molar-refractivity contribution is -0.113. The number of benzene rings is 2. The van der Waals surface area contributed by atoms with Crippen LogP contribution in [-0.2, 0) is 4.79 Å². The van der Waals surface area contributed by atoms with E-state index in [0.717, 1.165) is 5.69 Å². The van der Waals surface area contributed by atoms with Gasteiger partial charge in [-0.1, -0.05) is 37.7 Å². The van der Waals surface area contributed by atoms with Gasteiger partial charge in [-0.15, -0.1) is 10.2 Å². The number of amides is 2. The quantitative estimate of drug-likeness (QED) is 0.581. The molecule has 0 aliphatic carbocycles. The molecule has 0 unspecified atom stereocenters. The van der Waals surface area contributed by atoms with Gasteiger partial charge in [0.05, 0.1) is 5.75 Å². The van der Waals surface area contributed by atoms with E-state index in [9.17, 15) is 9.59 Å². The van der Waals surface area contributed by atoms with Crippen molar-refractivity contribution >= 4 is 29.3 Å². The van der Waals surface area contributed by atoms with Crippen LogP contribution in [0.4, 0.5) is 5.69 Å². The van der Waals surface area contributed by atoms with Crippen LogP contribution in [0.5, 0.6) is 0 Å². The first-order valence-electron chi connectivity index (χ1n) is 9.18. The molecule has 0 aliphatic rings. The van der Waals surface area contributed by atoms with E-state index in [1.807, 2.05) is 16.7 Å². The molecule has 3 aromatic rings. The molecule has 2 aromatic carbocycles. The molecule has 0 atom stereocenters. The van der Waals surface area contributed by atoms with Crippen molar-refractivity contribution in [1.29, 1.82) is 0 Å². The highest BCUT2D eigenvalue weighted by molar-refractivity contribution is 7.99. The number of thioether (sulfide) groups is 1. The number of hydrogen-bond acceptors (Lipinski definition) is 5. The second-order valence-corrected chi connectivity index (χ2v) is 7.90. The summed E-state index contributed by atoms with van der Waals surface area (Å²) in [5.74, 6) is -0.0230. The van der Waals surface area contributed by atoms with Crippen molar-refractivity contribution in [3.05, 3.63) is 65.5 Å². The van der Waals surface area contributed by atoms with Crippen LogP contribution in [0.15, 0.2) is 53.9 Å². The molecule has 0 saturated carbocycles. The molecule has 2 amide bonds. The molecule has 0 saturated heterocycles. The molecule has 150 valence electrons. The fourth-order valence-electron chi connectivity index (χ4n) is 2.86. The molecule has 0 bridgehead atoms. The normalized spacial score (nSPS) is 10.9. The largest absolute Gasteiger partial charge is 0.366 e. The van der Waals surface area contributed by atoms with Crippen LogP contribution in [0.25, 0.3) is 5.69 Å². The van der Waals surface area contributed by atoms with Crippen molar-refractivity contribution in [2.45, 2.75) is 31.8 Å². The van der Waals surface area contributed by atoms with Crippen molar-refractivity contribution in [2.24, 2.45) is 5.73 Å². The third-order valence-corrected chi connectivity index (χ3v) is 5.41. The molecule has 1 aromatic heterocycles. The fourth-order valence-corrected chi connectivity index (χ4v) is 3.59. The molecule has 8 heteroatoms. The number of nitrogens with one attached hydrogen (secondary N) is 1. The molecule has 0 aliphatic heterocycles. The topological polar surface area (TPSA) is 103 Å². The number of hydrogen-bond donors (Lipinski definition) is 2. The Balaban J connectivity index is 1.63. The first-order chi connectivity index (χ1) is 13.8. The third-order valence-electron chi connectivity index (χ3n) is 4.46. The second-order valence-electron chi connectivity index (χ2n) is 6.96. The van der Waals surface area contributed by atoms with Gasteiger partial charge in [-0.2, -0.15) is 0 Å². The van der Waals surface area contributed by atoms with Crippen LogP contribution in [-0.4, -0.2) is 32.3 Å². The average molecular weight is 410 g/mol. The monoisotopic (exact) mass is 409 g/mol. The number of nitrogens with two attached hydrogens (primary N) is 1. The van der Waals surface area contributed by atoms with Crippen LogP contribution in [0.2, 0.25) is 0 Å². The van der Waals surface area contributed by atoms with E-state index in [-0.39, 0.29) is 11.7 Å². The Morgan fingerprint density at radius 2 is 1.90 bits per heavy atom. The summed E-state index contributed by atoms with van der Waals surface area (Å²) in [6.07, 6.45) is 1.64. The van der Waals surface area contributed by atoms with Gasteiger partial charge in [0.15, 0.2) is 5.16 Å². The summed E-state index contributed by atoms with van der Waals surface area (Å²) < 4.78 is 1.86. The maximum absolute atomic E-state index is 12.3. The minimum absolute atomic E-state index is 0.175. The van der Waals surface area contributed by atoms with Gasteiger partial charge in [0.25, 0.3) is 0 Å². The Bertz CT molecular complexity index is 1030. The highest BCUT2D eigenvalue weighted by atomic mass is 32.2. The number of aromatic nitrogens is 3. The fraction of sp³-hybridized carbons (Fsp3) is 0.238. The zero-order chi connectivity index (χ0) is 21.0. The SMILES string of the molecule is Cc1cc(NC(=O)CSc2nncn2-c2ccc(C(C)C)cc2)ccc1C(N)=O. The van der Waals surface area contributed by atoms with Crippen molar-refractivity contribution in [2.75, 3.05) is 11.1 Å². The highest BCUT2D eigenvalue weighted by Crippen LogP contribution is 2.22. The Kier molecular flexibility index (Phi) is 6.33. The summed E-state index contributed by atoms with van der Waals surface area (Å²) in [5.41, 5.74) is 9.28. The van der Waals surface area contributed by atoms with Crippen molar-refractivity contribution in [1.82, 2.24) is 14.8 Å². The van der Waals surface area contributed by atoms with E-state index >= 15 is 0 Å². The Morgan fingerprint density at radius 3 is 2.52 bits per heavy atom. The zero-order valence-corrected chi connectivity index (χ0v) is 17.4. The molecule has 1 heterocycles. The number of primary amides is 1. The molecule has 3 N–H and O–H groups in total. The van der Waals surface area contributed by atoms with Gasteiger partial charge in [0, 0.05) is 16.9 Å². The molecular formula is C21H23N5O2S. The summed E-state index contributed by atoms with van der Waals surface area (Å²) in [5, 5.41) is 11.5. The Labute approximate surface area is 173 Å². The smallest absolute Gasteiger partial charge is 0.248 e. The molecular weight excluding hydrogens is 386 g/mol. The first kappa shape index (κ1) is 20.6. The number of carbonyl (C=O) groups excluding carboxylic acids is 2. The third kappa shape index (κ3) is 5.03. The predicted octanol–water partition coefficient (Wildman–Crippen LogP) is 3.53. The molecule has 0 spiro atoms. The number of nitrogens with zero attached hydrogens (tertiary/aromatic N) is 3. The summed E-state index contributed by atoms with van der Waals surface area (Å²) in [6.45, 7) is 6.07. The van der Waals surface area contributed by atoms with Crippen LogP contribution in [0, 0.1) is 6.92 Å². The van der Waals surface area contributed by atoms with Crippen molar-refractivity contribution in [3.63, 3.8) is 0 Å². The lowest BCUT2D eigenvalue weighted by Gasteiger charge is -2.10. The van der Waals surface area contributed by atoms with Crippen molar-refractivity contribution < 1.29 is 9.59 Å². The minimum atomic E-state index is -0.489. The maximum Gasteiger partial charge on any atom is 0.248 e.